The Labute approximate surface area is 200 Å². The third-order valence-corrected chi connectivity index (χ3v) is 7.59. The van der Waals surface area contributed by atoms with Crippen LogP contribution in [0.15, 0.2) is 42.3 Å². The van der Waals surface area contributed by atoms with Gasteiger partial charge in [0.2, 0.25) is 5.91 Å². The maximum absolute atomic E-state index is 12.8. The van der Waals surface area contributed by atoms with Crippen LogP contribution in [0.2, 0.25) is 0 Å². The summed E-state index contributed by atoms with van der Waals surface area (Å²) in [5, 5.41) is 12.7. The molecule has 33 heavy (non-hydrogen) atoms. The third-order valence-electron chi connectivity index (χ3n) is 5.45. The number of carbonyl (C=O) groups excluding carboxylic acids is 2. The molecule has 1 amide bonds. The van der Waals surface area contributed by atoms with E-state index in [0.29, 0.717) is 34.0 Å². The highest BCUT2D eigenvalue weighted by molar-refractivity contribution is 7.99. The minimum absolute atomic E-state index is 0.130. The Morgan fingerprint density at radius 2 is 2.15 bits per heavy atom. The molecule has 1 atom stereocenters. The minimum atomic E-state index is -0.405. The number of thiophene rings is 1. The lowest BCUT2D eigenvalue weighted by molar-refractivity contribution is -0.113. The largest absolute Gasteiger partial charge is 0.465 e. The molecule has 8 nitrogen and oxygen atoms in total. The van der Waals surface area contributed by atoms with Crippen molar-refractivity contribution in [2.75, 3.05) is 18.2 Å². The number of carbonyl (C=O) groups is 2. The first-order valence-electron chi connectivity index (χ1n) is 10.6. The van der Waals surface area contributed by atoms with Gasteiger partial charge in [-0.25, -0.2) is 4.79 Å². The average molecular weight is 484 g/mol. The Kier molecular flexibility index (Phi) is 7.24. The number of hydrogen-bond donors (Lipinski definition) is 1. The van der Waals surface area contributed by atoms with E-state index in [1.165, 1.54) is 30.2 Å². The Morgan fingerprint density at radius 1 is 1.36 bits per heavy atom. The van der Waals surface area contributed by atoms with Crippen LogP contribution in [0.1, 0.15) is 34.1 Å². The van der Waals surface area contributed by atoms with Crippen LogP contribution in [-0.2, 0) is 28.9 Å². The summed E-state index contributed by atoms with van der Waals surface area (Å²) in [7, 11) is 1.37. The van der Waals surface area contributed by atoms with Crippen LogP contribution in [-0.4, -0.2) is 44.5 Å². The van der Waals surface area contributed by atoms with E-state index in [-0.39, 0.29) is 11.7 Å². The summed E-state index contributed by atoms with van der Waals surface area (Å²) in [5.74, 6) is 0.763. The number of allylic oxidation sites excluding steroid dienone is 1. The molecule has 0 aromatic carbocycles. The molecule has 1 aliphatic carbocycles. The van der Waals surface area contributed by atoms with Crippen molar-refractivity contribution >= 4 is 40.0 Å². The molecule has 3 heterocycles. The predicted octanol–water partition coefficient (Wildman–Crippen LogP) is 4.23. The fraction of sp³-hybridized carbons (Fsp3) is 0.348. The number of methoxy groups -OCH3 is 1. The summed E-state index contributed by atoms with van der Waals surface area (Å²) in [6.07, 6.45) is 7.92. The van der Waals surface area contributed by atoms with Gasteiger partial charge in [0.1, 0.15) is 5.00 Å². The summed E-state index contributed by atoms with van der Waals surface area (Å²) >= 11 is 2.77. The molecule has 0 aliphatic heterocycles. The fourth-order valence-corrected chi connectivity index (χ4v) is 6.02. The smallest absolute Gasteiger partial charge is 0.341 e. The van der Waals surface area contributed by atoms with E-state index in [1.807, 2.05) is 16.7 Å². The number of anilines is 1. The summed E-state index contributed by atoms with van der Waals surface area (Å²) in [5.41, 5.74) is 2.40. The number of ether oxygens (including phenoxy) is 1. The Balaban J connectivity index is 1.50. The zero-order chi connectivity index (χ0) is 23.4. The van der Waals surface area contributed by atoms with Gasteiger partial charge in [0.05, 0.1) is 18.4 Å². The highest BCUT2D eigenvalue weighted by atomic mass is 32.2. The molecular weight excluding hydrogens is 458 g/mol. The van der Waals surface area contributed by atoms with Crippen LogP contribution in [0.25, 0.3) is 11.4 Å². The van der Waals surface area contributed by atoms with Gasteiger partial charge in [-0.15, -0.1) is 28.1 Å². The Hall–Kier alpha value is -2.98. The summed E-state index contributed by atoms with van der Waals surface area (Å²) in [6.45, 7) is 6.53. The van der Waals surface area contributed by atoms with E-state index >= 15 is 0 Å². The van der Waals surface area contributed by atoms with Gasteiger partial charge in [-0.1, -0.05) is 24.8 Å². The van der Waals surface area contributed by atoms with Crippen molar-refractivity contribution in [3.63, 3.8) is 0 Å². The van der Waals surface area contributed by atoms with Gasteiger partial charge in [-0.05, 0) is 42.9 Å². The molecule has 10 heteroatoms. The lowest BCUT2D eigenvalue weighted by Crippen LogP contribution is -2.17. The van der Waals surface area contributed by atoms with Crippen LogP contribution in [0.5, 0.6) is 0 Å². The first-order chi connectivity index (χ1) is 16.0. The molecule has 3 aromatic rings. The van der Waals surface area contributed by atoms with Crippen LogP contribution >= 0.6 is 23.1 Å². The Bertz CT molecular complexity index is 1170. The van der Waals surface area contributed by atoms with Gasteiger partial charge >= 0.3 is 5.97 Å². The van der Waals surface area contributed by atoms with E-state index in [9.17, 15) is 9.59 Å². The Morgan fingerprint density at radius 3 is 2.88 bits per heavy atom. The highest BCUT2D eigenvalue weighted by Crippen LogP contribution is 2.40. The van der Waals surface area contributed by atoms with Crippen molar-refractivity contribution < 1.29 is 14.3 Å². The molecule has 1 unspecified atom stereocenters. The fourth-order valence-electron chi connectivity index (χ4n) is 3.85. The van der Waals surface area contributed by atoms with Crippen LogP contribution in [0.4, 0.5) is 5.00 Å². The minimum Gasteiger partial charge on any atom is -0.465 e. The lowest BCUT2D eigenvalue weighted by atomic mass is 9.88. The lowest BCUT2D eigenvalue weighted by Gasteiger charge is -2.18. The van der Waals surface area contributed by atoms with Gasteiger partial charge in [-0.2, -0.15) is 0 Å². The van der Waals surface area contributed by atoms with Crippen molar-refractivity contribution in [2.24, 2.45) is 5.92 Å². The topological polar surface area (TPSA) is 99.0 Å². The standard InChI is InChI=1S/C23H25N5O3S2/c1-4-11-28-20(15-7-9-24-10-8-15)26-27-23(28)32-13-18(29)25-21-19(22(30)31-3)16-6-5-14(2)12-17(16)33-21/h4,7-10,14H,1,5-6,11-13H2,2-3H3,(H,25,29). The van der Waals surface area contributed by atoms with Crippen molar-refractivity contribution in [3.8, 4) is 11.4 Å². The highest BCUT2D eigenvalue weighted by Gasteiger charge is 2.29. The molecule has 4 rings (SSSR count). The summed E-state index contributed by atoms with van der Waals surface area (Å²) < 4.78 is 6.91. The maximum Gasteiger partial charge on any atom is 0.341 e. The average Bonchev–Trinajstić information content (AvgIpc) is 3.38. The zero-order valence-electron chi connectivity index (χ0n) is 18.5. The van der Waals surface area contributed by atoms with E-state index < -0.39 is 5.97 Å². The molecule has 0 saturated carbocycles. The number of fused-ring (bicyclic) bond motifs is 1. The number of amides is 1. The quantitative estimate of drug-likeness (QED) is 0.291. The monoisotopic (exact) mass is 483 g/mol. The molecule has 0 radical (unpaired) electrons. The number of pyridine rings is 1. The first kappa shape index (κ1) is 23.2. The van der Waals surface area contributed by atoms with Crippen molar-refractivity contribution in [2.45, 2.75) is 37.9 Å². The van der Waals surface area contributed by atoms with E-state index in [2.05, 4.69) is 34.0 Å². The molecular formula is C23H25N5O3S2. The van der Waals surface area contributed by atoms with Gasteiger partial charge in [0.25, 0.3) is 0 Å². The number of nitrogens with zero attached hydrogens (tertiary/aromatic N) is 4. The van der Waals surface area contributed by atoms with Crippen LogP contribution in [0, 0.1) is 5.92 Å². The molecule has 1 N–H and O–H groups in total. The maximum atomic E-state index is 12.8. The molecule has 0 spiro atoms. The van der Waals surface area contributed by atoms with Gasteiger partial charge in [0.15, 0.2) is 11.0 Å². The second-order valence-electron chi connectivity index (χ2n) is 7.83. The van der Waals surface area contributed by atoms with Gasteiger partial charge in [-0.3, -0.25) is 14.3 Å². The zero-order valence-corrected chi connectivity index (χ0v) is 20.2. The van der Waals surface area contributed by atoms with Gasteiger partial charge < -0.3 is 10.1 Å². The number of thioether (sulfide) groups is 1. The molecule has 0 saturated heterocycles. The van der Waals surface area contributed by atoms with Crippen LogP contribution in [0.3, 0.4) is 0 Å². The van der Waals surface area contributed by atoms with Gasteiger partial charge in [0, 0.05) is 29.4 Å². The number of nitrogens with one attached hydrogen (secondary N) is 1. The molecule has 3 aromatic heterocycles. The molecule has 0 fully saturated rings. The molecule has 1 aliphatic rings. The third kappa shape index (κ3) is 5.01. The SMILES string of the molecule is C=CCn1c(SCC(=O)Nc2sc3c(c2C(=O)OC)CCC(C)C3)nnc1-c1ccncc1. The summed E-state index contributed by atoms with van der Waals surface area (Å²) in [4.78, 5) is 30.5. The van der Waals surface area contributed by atoms with E-state index in [4.69, 9.17) is 4.74 Å². The van der Waals surface area contributed by atoms with E-state index in [0.717, 1.165) is 35.3 Å². The van der Waals surface area contributed by atoms with E-state index in [1.54, 1.807) is 18.5 Å². The second kappa shape index (κ2) is 10.3. The van der Waals surface area contributed by atoms with Crippen molar-refractivity contribution in [3.05, 3.63) is 53.2 Å². The number of aromatic nitrogens is 4. The van der Waals surface area contributed by atoms with Crippen molar-refractivity contribution in [1.29, 1.82) is 0 Å². The predicted molar refractivity (Wildman–Crippen MR) is 130 cm³/mol. The number of esters is 1. The molecule has 0 bridgehead atoms. The summed E-state index contributed by atoms with van der Waals surface area (Å²) in [6, 6.07) is 3.72. The second-order valence-corrected chi connectivity index (χ2v) is 9.87. The first-order valence-corrected chi connectivity index (χ1v) is 12.4. The van der Waals surface area contributed by atoms with Crippen molar-refractivity contribution in [1.82, 2.24) is 19.7 Å². The normalized spacial score (nSPS) is 15.0. The van der Waals surface area contributed by atoms with Crippen LogP contribution < -0.4 is 5.32 Å². The number of rotatable bonds is 8. The number of hydrogen-bond acceptors (Lipinski definition) is 8. The molecule has 172 valence electrons.